The first kappa shape index (κ1) is 21.8. The summed E-state index contributed by atoms with van der Waals surface area (Å²) in [5.41, 5.74) is 1.38. The third-order valence-corrected chi connectivity index (χ3v) is 7.21. The van der Waals surface area contributed by atoms with Crippen LogP contribution in [0.5, 0.6) is 0 Å². The summed E-state index contributed by atoms with van der Waals surface area (Å²) in [6.07, 6.45) is 2.65. The van der Waals surface area contributed by atoms with Gasteiger partial charge in [-0.3, -0.25) is 19.1 Å². The lowest BCUT2D eigenvalue weighted by molar-refractivity contribution is -0.135. The highest BCUT2D eigenvalue weighted by molar-refractivity contribution is 6.11. The summed E-state index contributed by atoms with van der Waals surface area (Å²) in [5, 5.41) is 2.57. The first-order valence-electron chi connectivity index (χ1n) is 11.8. The van der Waals surface area contributed by atoms with E-state index in [0.717, 1.165) is 40.4 Å². The summed E-state index contributed by atoms with van der Waals surface area (Å²) < 4.78 is 29.2. The number of rotatable bonds is 5. The summed E-state index contributed by atoms with van der Waals surface area (Å²) in [4.78, 5) is 48.4. The van der Waals surface area contributed by atoms with Crippen molar-refractivity contribution < 1.29 is 23.2 Å². The molecule has 10 heteroatoms. The van der Waals surface area contributed by atoms with Gasteiger partial charge in [-0.15, -0.1) is 0 Å². The summed E-state index contributed by atoms with van der Waals surface area (Å²) in [5.74, 6) is -2.52. The monoisotopic (exact) mass is 479 g/mol. The quantitative estimate of drug-likeness (QED) is 0.441. The zero-order valence-corrected chi connectivity index (χ0v) is 18.8. The molecule has 8 nitrogen and oxygen atoms in total. The van der Waals surface area contributed by atoms with E-state index in [0.29, 0.717) is 11.5 Å². The molecule has 35 heavy (non-hydrogen) atoms. The van der Waals surface area contributed by atoms with Gasteiger partial charge in [0.05, 0.1) is 6.54 Å². The SMILES string of the molecule is O=C(CN1C(=O)NC2(CCC(F)(F)CC2)C1=O)c1ccc(-n2c(C3CC3)nc3cccnc32)cc1. The zero-order valence-electron chi connectivity index (χ0n) is 18.8. The van der Waals surface area contributed by atoms with E-state index in [1.807, 2.05) is 16.7 Å². The topological polar surface area (TPSA) is 97.2 Å². The molecule has 0 bridgehead atoms. The van der Waals surface area contributed by atoms with Crippen molar-refractivity contribution in [3.05, 3.63) is 54.0 Å². The number of aromatic nitrogens is 3. The molecule has 0 atom stereocenters. The fourth-order valence-corrected chi connectivity index (χ4v) is 5.03. The van der Waals surface area contributed by atoms with Crippen LogP contribution in [0.25, 0.3) is 16.9 Å². The van der Waals surface area contributed by atoms with Crippen molar-refractivity contribution in [2.75, 3.05) is 6.54 Å². The number of nitrogens with one attached hydrogen (secondary N) is 1. The van der Waals surface area contributed by atoms with Gasteiger partial charge in [0.1, 0.15) is 16.9 Å². The van der Waals surface area contributed by atoms with Crippen LogP contribution in [0.15, 0.2) is 42.6 Å². The molecule has 1 aromatic carbocycles. The average molecular weight is 479 g/mol. The molecule has 2 aromatic heterocycles. The summed E-state index contributed by atoms with van der Waals surface area (Å²) in [7, 11) is 0. The fourth-order valence-electron chi connectivity index (χ4n) is 5.03. The number of alkyl halides is 2. The first-order chi connectivity index (χ1) is 16.8. The molecule has 1 saturated heterocycles. The van der Waals surface area contributed by atoms with E-state index in [1.54, 1.807) is 30.5 Å². The van der Waals surface area contributed by atoms with Gasteiger partial charge in [-0.25, -0.2) is 23.5 Å². The molecular formula is C25H23F2N5O3. The number of benzene rings is 1. The van der Waals surface area contributed by atoms with Crippen molar-refractivity contribution >= 4 is 28.9 Å². The Balaban J connectivity index is 1.21. The van der Waals surface area contributed by atoms with Crippen molar-refractivity contribution in [3.63, 3.8) is 0 Å². The smallest absolute Gasteiger partial charge is 0.323 e. The van der Waals surface area contributed by atoms with Gasteiger partial charge < -0.3 is 5.32 Å². The van der Waals surface area contributed by atoms with E-state index in [4.69, 9.17) is 4.98 Å². The number of nitrogens with zero attached hydrogens (tertiary/aromatic N) is 4. The van der Waals surface area contributed by atoms with Crippen molar-refractivity contribution in [2.45, 2.75) is 55.9 Å². The molecule has 1 N–H and O–H groups in total. The van der Waals surface area contributed by atoms with Gasteiger partial charge in [-0.2, -0.15) is 0 Å². The number of imide groups is 1. The van der Waals surface area contributed by atoms with E-state index in [1.165, 1.54) is 0 Å². The Labute approximate surface area is 199 Å². The molecule has 1 spiro atoms. The van der Waals surface area contributed by atoms with Gasteiger partial charge >= 0.3 is 6.03 Å². The van der Waals surface area contributed by atoms with Gasteiger partial charge in [0.2, 0.25) is 5.92 Å². The van der Waals surface area contributed by atoms with Crippen molar-refractivity contribution in [1.82, 2.24) is 24.8 Å². The van der Waals surface area contributed by atoms with Gasteiger partial charge in [-0.1, -0.05) is 0 Å². The van der Waals surface area contributed by atoms with Gasteiger partial charge in [0.25, 0.3) is 5.91 Å². The van der Waals surface area contributed by atoms with E-state index in [-0.39, 0.29) is 12.8 Å². The van der Waals surface area contributed by atoms with Crippen LogP contribution >= 0.6 is 0 Å². The third kappa shape index (κ3) is 3.67. The van der Waals surface area contributed by atoms with Gasteiger partial charge in [-0.05, 0) is 62.1 Å². The minimum Gasteiger partial charge on any atom is -0.323 e. The number of halogens is 2. The maximum absolute atomic E-state index is 13.6. The average Bonchev–Trinajstić information content (AvgIpc) is 3.59. The Bertz CT molecular complexity index is 1350. The lowest BCUT2D eigenvalue weighted by Gasteiger charge is -2.34. The van der Waals surface area contributed by atoms with Crippen LogP contribution in [-0.4, -0.2) is 55.2 Å². The number of urea groups is 1. The number of hydrogen-bond donors (Lipinski definition) is 1. The standard InChI is InChI=1S/C25H23F2N5O3/c26-25(27)11-9-24(10-12-25)22(34)31(23(35)30-24)14-19(33)15-5-7-17(8-6-15)32-20(16-3-4-16)29-18-2-1-13-28-21(18)32/h1-2,5-8,13,16H,3-4,9-12,14H2,(H,30,35). The highest BCUT2D eigenvalue weighted by Gasteiger charge is 2.55. The van der Waals surface area contributed by atoms with Crippen LogP contribution < -0.4 is 5.32 Å². The number of hydrogen-bond acceptors (Lipinski definition) is 5. The molecule has 0 radical (unpaired) electrons. The highest BCUT2D eigenvalue weighted by atomic mass is 19.3. The normalized spacial score (nSPS) is 21.0. The molecule has 1 aliphatic heterocycles. The van der Waals surface area contributed by atoms with E-state index >= 15 is 0 Å². The van der Waals surface area contributed by atoms with Crippen LogP contribution in [0.4, 0.5) is 13.6 Å². The second kappa shape index (κ2) is 7.66. The highest BCUT2D eigenvalue weighted by Crippen LogP contribution is 2.42. The maximum atomic E-state index is 13.6. The minimum atomic E-state index is -2.84. The van der Waals surface area contributed by atoms with E-state index in [9.17, 15) is 23.2 Å². The van der Waals surface area contributed by atoms with Crippen molar-refractivity contribution in [2.24, 2.45) is 0 Å². The predicted molar refractivity (Wildman–Crippen MR) is 122 cm³/mol. The first-order valence-corrected chi connectivity index (χ1v) is 11.8. The molecule has 3 fully saturated rings. The van der Waals surface area contributed by atoms with Crippen molar-refractivity contribution in [3.8, 4) is 5.69 Å². The second-order valence-corrected chi connectivity index (χ2v) is 9.66. The van der Waals surface area contributed by atoms with Gasteiger partial charge in [0, 0.05) is 36.2 Å². The maximum Gasteiger partial charge on any atom is 0.325 e. The Hall–Kier alpha value is -3.69. The molecule has 3 amide bonds. The number of pyridine rings is 1. The number of imidazole rings is 1. The largest absolute Gasteiger partial charge is 0.325 e. The number of carbonyl (C=O) groups excluding carboxylic acids is 3. The predicted octanol–water partition coefficient (Wildman–Crippen LogP) is 3.98. The van der Waals surface area contributed by atoms with Gasteiger partial charge in [0.15, 0.2) is 11.4 Å². The minimum absolute atomic E-state index is 0.139. The molecule has 2 aliphatic carbocycles. The second-order valence-electron chi connectivity index (χ2n) is 9.66. The summed E-state index contributed by atoms with van der Waals surface area (Å²) in [6, 6.07) is 9.95. The van der Waals surface area contributed by atoms with Crippen LogP contribution in [0.1, 0.15) is 60.6 Å². The number of ketones is 1. The molecule has 3 aromatic rings. The zero-order chi connectivity index (χ0) is 24.4. The van der Waals surface area contributed by atoms with E-state index < -0.39 is 48.6 Å². The number of Topliss-reactive ketones (excluding diaryl/α,β-unsaturated/α-hetero) is 1. The van der Waals surface area contributed by atoms with Crippen LogP contribution in [0.2, 0.25) is 0 Å². The van der Waals surface area contributed by atoms with Crippen LogP contribution in [-0.2, 0) is 4.79 Å². The molecule has 3 aliphatic rings. The Morgan fingerprint density at radius 1 is 1.06 bits per heavy atom. The Morgan fingerprint density at radius 3 is 2.46 bits per heavy atom. The Kier molecular flexibility index (Phi) is 4.77. The number of amides is 3. The lowest BCUT2D eigenvalue weighted by Crippen LogP contribution is -2.51. The number of fused-ring (bicyclic) bond motifs is 1. The molecule has 3 heterocycles. The van der Waals surface area contributed by atoms with Crippen LogP contribution in [0, 0.1) is 0 Å². The fraction of sp³-hybridized carbons (Fsp3) is 0.400. The summed E-state index contributed by atoms with van der Waals surface area (Å²) in [6.45, 7) is -0.439. The summed E-state index contributed by atoms with van der Waals surface area (Å²) >= 11 is 0. The molecular weight excluding hydrogens is 456 g/mol. The number of carbonyl (C=O) groups is 3. The Morgan fingerprint density at radius 2 is 1.77 bits per heavy atom. The molecule has 2 saturated carbocycles. The third-order valence-electron chi connectivity index (χ3n) is 7.21. The lowest BCUT2D eigenvalue weighted by atomic mass is 9.80. The molecule has 6 rings (SSSR count). The molecule has 180 valence electrons. The molecule has 0 unspecified atom stereocenters. The van der Waals surface area contributed by atoms with E-state index in [2.05, 4.69) is 10.3 Å². The van der Waals surface area contributed by atoms with Crippen LogP contribution in [0.3, 0.4) is 0 Å². The van der Waals surface area contributed by atoms with Crippen molar-refractivity contribution in [1.29, 1.82) is 0 Å².